The van der Waals surface area contributed by atoms with Crippen molar-refractivity contribution < 1.29 is 4.79 Å². The molecule has 0 N–H and O–H groups in total. The van der Waals surface area contributed by atoms with E-state index in [1.54, 1.807) is 0 Å². The van der Waals surface area contributed by atoms with E-state index in [1.807, 2.05) is 6.07 Å². The summed E-state index contributed by atoms with van der Waals surface area (Å²) >= 11 is 0. The molecule has 2 fully saturated rings. The molecule has 1 aliphatic carbocycles. The zero-order valence-electron chi connectivity index (χ0n) is 18.4. The van der Waals surface area contributed by atoms with Crippen molar-refractivity contribution in [3.05, 3.63) is 35.9 Å². The van der Waals surface area contributed by atoms with Crippen molar-refractivity contribution in [3.8, 4) is 0 Å². The predicted octanol–water partition coefficient (Wildman–Crippen LogP) is 5.30. The molecule has 1 saturated heterocycles. The van der Waals surface area contributed by atoms with Gasteiger partial charge in [0, 0.05) is 48.2 Å². The molecule has 5 rings (SSSR count). The standard InChI is InChI=1S/C26H35N3O/c1-2-14-27-15-7-16-28(18-17-27)23-12-13-24-25-21(23)10-6-11-22(25)26(30)29(24)19-20-8-4-3-5-9-20/h6,10-13,20H,2-5,7-9,14-19H2,1H3. The highest BCUT2D eigenvalue weighted by Crippen LogP contribution is 2.42. The third-order valence-electron chi connectivity index (χ3n) is 7.40. The number of anilines is 2. The molecule has 4 heteroatoms. The van der Waals surface area contributed by atoms with Crippen molar-refractivity contribution >= 4 is 28.1 Å². The number of hydrogen-bond donors (Lipinski definition) is 0. The second-order valence-corrected chi connectivity index (χ2v) is 9.43. The molecule has 2 heterocycles. The van der Waals surface area contributed by atoms with Crippen molar-refractivity contribution in [3.63, 3.8) is 0 Å². The van der Waals surface area contributed by atoms with Crippen molar-refractivity contribution in [2.45, 2.75) is 51.9 Å². The molecule has 1 saturated carbocycles. The maximum atomic E-state index is 13.3. The fraction of sp³-hybridized carbons (Fsp3) is 0.577. The topological polar surface area (TPSA) is 26.8 Å². The molecule has 0 aromatic heterocycles. The minimum atomic E-state index is 0.211. The Morgan fingerprint density at radius 3 is 2.57 bits per heavy atom. The third kappa shape index (κ3) is 3.60. The molecule has 2 aliphatic heterocycles. The van der Waals surface area contributed by atoms with Gasteiger partial charge in [-0.3, -0.25) is 4.79 Å². The summed E-state index contributed by atoms with van der Waals surface area (Å²) in [5, 5.41) is 2.44. The van der Waals surface area contributed by atoms with E-state index in [2.05, 4.69) is 45.9 Å². The van der Waals surface area contributed by atoms with Crippen LogP contribution in [0, 0.1) is 5.92 Å². The smallest absolute Gasteiger partial charge is 0.259 e. The van der Waals surface area contributed by atoms with Crippen LogP contribution in [0.5, 0.6) is 0 Å². The van der Waals surface area contributed by atoms with Gasteiger partial charge in [-0.1, -0.05) is 38.3 Å². The van der Waals surface area contributed by atoms with Crippen LogP contribution < -0.4 is 9.80 Å². The Balaban J connectivity index is 1.45. The van der Waals surface area contributed by atoms with Gasteiger partial charge in [0.1, 0.15) is 0 Å². The fourth-order valence-corrected chi connectivity index (χ4v) is 5.87. The Morgan fingerprint density at radius 2 is 1.73 bits per heavy atom. The van der Waals surface area contributed by atoms with Crippen molar-refractivity contribution in [1.82, 2.24) is 4.90 Å². The summed E-state index contributed by atoms with van der Waals surface area (Å²) in [7, 11) is 0. The number of carbonyl (C=O) groups is 1. The van der Waals surface area contributed by atoms with Crippen LogP contribution in [0.15, 0.2) is 30.3 Å². The van der Waals surface area contributed by atoms with E-state index in [9.17, 15) is 4.79 Å². The highest BCUT2D eigenvalue weighted by molar-refractivity contribution is 6.26. The fourth-order valence-electron chi connectivity index (χ4n) is 5.87. The van der Waals surface area contributed by atoms with Gasteiger partial charge in [0.05, 0.1) is 5.69 Å². The van der Waals surface area contributed by atoms with Gasteiger partial charge in [0.25, 0.3) is 5.91 Å². The maximum absolute atomic E-state index is 13.3. The quantitative estimate of drug-likeness (QED) is 0.675. The van der Waals surface area contributed by atoms with Crippen LogP contribution in [0.2, 0.25) is 0 Å². The zero-order chi connectivity index (χ0) is 20.5. The van der Waals surface area contributed by atoms with Crippen LogP contribution >= 0.6 is 0 Å². The first-order valence-corrected chi connectivity index (χ1v) is 12.1. The van der Waals surface area contributed by atoms with Crippen LogP contribution in [0.1, 0.15) is 62.2 Å². The van der Waals surface area contributed by atoms with Gasteiger partial charge < -0.3 is 14.7 Å². The van der Waals surface area contributed by atoms with Gasteiger partial charge in [-0.2, -0.15) is 0 Å². The van der Waals surface area contributed by atoms with Gasteiger partial charge >= 0.3 is 0 Å². The first kappa shape index (κ1) is 19.9. The maximum Gasteiger partial charge on any atom is 0.259 e. The molecule has 2 aromatic carbocycles. The molecule has 30 heavy (non-hydrogen) atoms. The van der Waals surface area contributed by atoms with Crippen molar-refractivity contribution in [2.75, 3.05) is 49.1 Å². The lowest BCUT2D eigenvalue weighted by Gasteiger charge is -2.28. The van der Waals surface area contributed by atoms with E-state index in [4.69, 9.17) is 0 Å². The van der Waals surface area contributed by atoms with Gasteiger partial charge in [0.15, 0.2) is 0 Å². The van der Waals surface area contributed by atoms with E-state index in [0.717, 1.165) is 37.4 Å². The Labute approximate surface area is 180 Å². The van der Waals surface area contributed by atoms with E-state index in [1.165, 1.54) is 74.5 Å². The van der Waals surface area contributed by atoms with Gasteiger partial charge in [-0.25, -0.2) is 0 Å². The van der Waals surface area contributed by atoms with Gasteiger partial charge in [-0.15, -0.1) is 0 Å². The largest absolute Gasteiger partial charge is 0.370 e. The molecule has 160 valence electrons. The summed E-state index contributed by atoms with van der Waals surface area (Å²) in [5.74, 6) is 0.866. The molecule has 1 amide bonds. The number of nitrogens with zero attached hydrogens (tertiary/aromatic N) is 3. The van der Waals surface area contributed by atoms with E-state index >= 15 is 0 Å². The van der Waals surface area contributed by atoms with Crippen LogP contribution in [-0.2, 0) is 0 Å². The molecule has 0 bridgehead atoms. The first-order chi connectivity index (χ1) is 14.8. The zero-order valence-corrected chi connectivity index (χ0v) is 18.4. The number of benzene rings is 2. The van der Waals surface area contributed by atoms with Crippen LogP contribution in [0.4, 0.5) is 11.4 Å². The average Bonchev–Trinajstić information content (AvgIpc) is 2.93. The van der Waals surface area contributed by atoms with Gasteiger partial charge in [0.2, 0.25) is 0 Å². The number of amides is 1. The molecule has 4 nitrogen and oxygen atoms in total. The Bertz CT molecular complexity index is 918. The molecule has 0 atom stereocenters. The van der Waals surface area contributed by atoms with Gasteiger partial charge in [-0.05, 0) is 62.9 Å². The summed E-state index contributed by atoms with van der Waals surface area (Å²) in [6.45, 7) is 8.84. The minimum Gasteiger partial charge on any atom is -0.370 e. The molecule has 0 unspecified atom stereocenters. The lowest BCUT2D eigenvalue weighted by Crippen LogP contribution is -2.33. The number of hydrogen-bond acceptors (Lipinski definition) is 3. The minimum absolute atomic E-state index is 0.211. The SMILES string of the molecule is CCCN1CCCN(c2ccc3c4c(cccc24)C(=O)N3CC2CCCCC2)CC1. The summed E-state index contributed by atoms with van der Waals surface area (Å²) in [6, 6.07) is 10.8. The van der Waals surface area contributed by atoms with E-state index in [-0.39, 0.29) is 5.91 Å². The first-order valence-electron chi connectivity index (χ1n) is 12.1. The molecular formula is C26H35N3O. The summed E-state index contributed by atoms with van der Waals surface area (Å²) in [4.78, 5) is 20.5. The number of carbonyl (C=O) groups excluding carboxylic acids is 1. The summed E-state index contributed by atoms with van der Waals surface area (Å²) in [5.41, 5.74) is 3.35. The monoisotopic (exact) mass is 405 g/mol. The van der Waals surface area contributed by atoms with Crippen molar-refractivity contribution in [2.24, 2.45) is 5.92 Å². The lowest BCUT2D eigenvalue weighted by atomic mass is 9.89. The number of rotatable bonds is 5. The van der Waals surface area contributed by atoms with E-state index < -0.39 is 0 Å². The Hall–Kier alpha value is -2.07. The lowest BCUT2D eigenvalue weighted by molar-refractivity contribution is 0.0987. The van der Waals surface area contributed by atoms with Crippen LogP contribution in [-0.4, -0.2) is 50.1 Å². The predicted molar refractivity (Wildman–Crippen MR) is 126 cm³/mol. The average molecular weight is 406 g/mol. The molecule has 2 aromatic rings. The second-order valence-electron chi connectivity index (χ2n) is 9.43. The molecule has 0 radical (unpaired) electrons. The molecule has 0 spiro atoms. The summed E-state index contributed by atoms with van der Waals surface area (Å²) in [6.07, 6.45) is 8.95. The normalized spacial score (nSPS) is 20.9. The Kier molecular flexibility index (Phi) is 5.68. The van der Waals surface area contributed by atoms with Crippen LogP contribution in [0.3, 0.4) is 0 Å². The highest BCUT2D eigenvalue weighted by Gasteiger charge is 2.33. The molecule has 3 aliphatic rings. The van der Waals surface area contributed by atoms with Crippen LogP contribution in [0.25, 0.3) is 10.8 Å². The molecular weight excluding hydrogens is 370 g/mol. The highest BCUT2D eigenvalue weighted by atomic mass is 16.2. The second kappa shape index (κ2) is 8.58. The third-order valence-corrected chi connectivity index (χ3v) is 7.40. The van der Waals surface area contributed by atoms with E-state index in [0.29, 0.717) is 5.92 Å². The van der Waals surface area contributed by atoms with Crippen molar-refractivity contribution in [1.29, 1.82) is 0 Å². The summed E-state index contributed by atoms with van der Waals surface area (Å²) < 4.78 is 0. The Morgan fingerprint density at radius 1 is 0.900 bits per heavy atom.